The average molecular weight is 627 g/mol. The molecule has 0 saturated carbocycles. The fourth-order valence-electron chi connectivity index (χ4n) is 4.69. The lowest BCUT2D eigenvalue weighted by Gasteiger charge is -2.07. The van der Waals surface area contributed by atoms with Gasteiger partial charge in [-0.25, -0.2) is 53.7 Å². The molecule has 0 amide bonds. The number of hydrogen-bond donors (Lipinski definition) is 0. The third-order valence-corrected chi connectivity index (χ3v) is 6.92. The highest BCUT2D eigenvalue weighted by molar-refractivity contribution is 5.82. The average Bonchev–Trinajstić information content (AvgIpc) is 3.81. The Bertz CT molecular complexity index is 2740. The maximum atomic E-state index is 14.3. The quantitative estimate of drug-likeness (QED) is 0.287. The minimum absolute atomic E-state index is 0.0371. The van der Waals surface area contributed by atoms with E-state index in [0.29, 0.717) is 10.7 Å². The van der Waals surface area contributed by atoms with Crippen molar-refractivity contribution in [1.82, 2.24) is 15.0 Å². The molecule has 3 aliphatic rings. The third kappa shape index (κ3) is 4.72. The summed E-state index contributed by atoms with van der Waals surface area (Å²) in [5.74, 6) is -3.34. The second kappa shape index (κ2) is 11.2. The van der Waals surface area contributed by atoms with Gasteiger partial charge in [0.25, 0.3) is 0 Å². The number of hydrogen-bond acceptors (Lipinski definition) is 14. The Morgan fingerprint density at radius 3 is 1.08 bits per heavy atom. The van der Waals surface area contributed by atoms with E-state index < -0.39 is 11.6 Å². The minimum atomic E-state index is -0.841. The molecule has 3 aromatic carbocycles. The normalized spacial score (nSPS) is 15.0. The van der Waals surface area contributed by atoms with Crippen molar-refractivity contribution in [2.45, 2.75) is 0 Å². The van der Waals surface area contributed by atoms with Gasteiger partial charge < -0.3 is 0 Å². The third-order valence-electron chi connectivity index (χ3n) is 6.92. The van der Waals surface area contributed by atoms with Gasteiger partial charge >= 0.3 is 0 Å². The molecule has 7 rings (SSSR count). The molecule has 3 aliphatic heterocycles. The van der Waals surface area contributed by atoms with Crippen molar-refractivity contribution in [3.8, 4) is 30.3 Å². The molecule has 4 heterocycles. The number of fused-ring (bicyclic) bond motifs is 3. The van der Waals surface area contributed by atoms with Crippen LogP contribution in [0.2, 0.25) is 0 Å². The second-order valence-corrected chi connectivity index (χ2v) is 9.76. The predicted molar refractivity (Wildman–Crippen MR) is 153 cm³/mol. The number of benzene rings is 3. The van der Waals surface area contributed by atoms with Gasteiger partial charge in [-0.3, -0.25) is 0 Å². The first-order valence-electron chi connectivity index (χ1n) is 13.4. The molecule has 0 N–H and O–H groups in total. The van der Waals surface area contributed by atoms with Crippen LogP contribution in [0.1, 0.15) is 28.6 Å². The number of nitriles is 5. The molecule has 0 atom stereocenters. The molecule has 0 spiro atoms. The second-order valence-electron chi connectivity index (χ2n) is 9.76. The molecule has 0 unspecified atom stereocenters. The van der Waals surface area contributed by atoms with Crippen LogP contribution in [0, 0.1) is 68.3 Å². The molecule has 1 aromatic heterocycles. The standard InChI is InChI=1S/C32H8F2N14/c33-19-7-25-23(5-14(19)9-35)42-28(44-25)17(12-38)31-46-30(16(11-37)27-40-21-3-1-2-4-22(21)41-27)47-32(48-31)18(13-39)29-43-24-6-15(10-36)20(34)8-26(24)45-29/h1-8H/b28-17+,29-18+. The lowest BCUT2D eigenvalue weighted by Crippen LogP contribution is -2.22. The summed E-state index contributed by atoms with van der Waals surface area (Å²) in [4.78, 5) is 38.7. The minimum Gasteiger partial charge on any atom is -0.226 e. The van der Waals surface area contributed by atoms with E-state index in [1.54, 1.807) is 36.4 Å². The van der Waals surface area contributed by atoms with Crippen molar-refractivity contribution in [3.63, 3.8) is 0 Å². The van der Waals surface area contributed by atoms with Gasteiger partial charge in [0.15, 0.2) is 34.9 Å². The molecule has 0 saturated heterocycles. The first-order valence-corrected chi connectivity index (χ1v) is 13.4. The Labute approximate surface area is 265 Å². The largest absolute Gasteiger partial charge is 0.226 e. The Morgan fingerprint density at radius 1 is 0.458 bits per heavy atom. The Balaban J connectivity index is 1.50. The van der Waals surface area contributed by atoms with Crippen LogP contribution in [-0.2, 0) is 0 Å². The molecule has 0 bridgehead atoms. The van der Waals surface area contributed by atoms with Crippen molar-refractivity contribution in [2.75, 3.05) is 0 Å². The summed E-state index contributed by atoms with van der Waals surface area (Å²) in [6.07, 6.45) is 0. The zero-order chi connectivity index (χ0) is 33.5. The van der Waals surface area contributed by atoms with E-state index in [0.717, 1.165) is 12.1 Å². The van der Waals surface area contributed by atoms with Gasteiger partial charge in [0.2, 0.25) is 0 Å². The van der Waals surface area contributed by atoms with Crippen LogP contribution in [0.4, 0.5) is 8.78 Å². The van der Waals surface area contributed by atoms with Crippen LogP contribution in [0.5, 0.6) is 0 Å². The lowest BCUT2D eigenvalue weighted by molar-refractivity contribution is 0.621. The number of halogens is 2. The lowest BCUT2D eigenvalue weighted by atomic mass is 10.2. The van der Waals surface area contributed by atoms with E-state index in [-0.39, 0.29) is 84.2 Å². The molecular weight excluding hydrogens is 618 g/mol. The Morgan fingerprint density at radius 2 is 0.771 bits per heavy atom. The first kappa shape index (κ1) is 28.8. The summed E-state index contributed by atoms with van der Waals surface area (Å²) >= 11 is 0. The molecule has 0 fully saturated rings. The molecule has 4 aromatic rings. The van der Waals surface area contributed by atoms with Crippen molar-refractivity contribution in [3.05, 3.63) is 138 Å². The number of para-hydroxylation sites is 2. The van der Waals surface area contributed by atoms with E-state index in [1.807, 2.05) is 18.2 Å². The van der Waals surface area contributed by atoms with Crippen LogP contribution in [0.3, 0.4) is 0 Å². The molecule has 0 radical (unpaired) electrons. The molecule has 0 aliphatic carbocycles. The van der Waals surface area contributed by atoms with Crippen LogP contribution < -0.4 is 32.1 Å². The number of allylic oxidation sites excluding steroid dienone is 3. The monoisotopic (exact) mass is 626 g/mol. The van der Waals surface area contributed by atoms with Crippen molar-refractivity contribution in [1.29, 1.82) is 26.3 Å². The maximum absolute atomic E-state index is 14.3. The van der Waals surface area contributed by atoms with Crippen molar-refractivity contribution >= 4 is 16.7 Å². The van der Waals surface area contributed by atoms with E-state index in [4.69, 9.17) is 0 Å². The Kier molecular flexibility index (Phi) is 6.69. The predicted octanol–water partition coefficient (Wildman–Crippen LogP) is 0.329. The smallest absolute Gasteiger partial charge is 0.178 e. The van der Waals surface area contributed by atoms with Gasteiger partial charge in [-0.15, -0.1) is 0 Å². The summed E-state index contributed by atoms with van der Waals surface area (Å²) < 4.78 is 28.6. The Hall–Kier alpha value is -8.00. The van der Waals surface area contributed by atoms with E-state index >= 15 is 0 Å². The molecule has 220 valence electrons. The number of rotatable bonds is 3. The van der Waals surface area contributed by atoms with E-state index in [1.165, 1.54) is 12.1 Å². The first-order chi connectivity index (χ1) is 23.3. The van der Waals surface area contributed by atoms with Gasteiger partial charge in [-0.2, -0.15) is 26.3 Å². The highest BCUT2D eigenvalue weighted by Gasteiger charge is 2.25. The zero-order valence-corrected chi connectivity index (χ0v) is 23.6. The van der Waals surface area contributed by atoms with Crippen LogP contribution in [0.15, 0.2) is 95.9 Å². The van der Waals surface area contributed by atoms with Crippen molar-refractivity contribution < 1.29 is 8.78 Å². The molecular formula is C32H8F2N14. The molecule has 14 nitrogen and oxygen atoms in total. The fourth-order valence-corrected chi connectivity index (χ4v) is 4.69. The summed E-state index contributed by atoms with van der Waals surface area (Å²) in [5, 5.41) is 50.4. The van der Waals surface area contributed by atoms with Gasteiger partial charge in [0.1, 0.15) is 58.7 Å². The SMILES string of the molecule is N#CC(=C1N=c2ccccc2=N1)c1nc(/C(C#N)=C2/N=c3cc(F)c(C#N)cc3=N2)nc(/C(C#N)=C2/N=c3cc(F)c(C#N)cc3=N2)n1. The number of aromatic nitrogens is 3. The van der Waals surface area contributed by atoms with Crippen molar-refractivity contribution in [2.24, 2.45) is 30.0 Å². The van der Waals surface area contributed by atoms with Crippen LogP contribution in [-0.4, -0.2) is 15.0 Å². The highest BCUT2D eigenvalue weighted by atomic mass is 19.1. The molecule has 48 heavy (non-hydrogen) atoms. The van der Waals surface area contributed by atoms with Gasteiger partial charge in [-0.1, -0.05) is 12.1 Å². The summed E-state index contributed by atoms with van der Waals surface area (Å²) in [6.45, 7) is 0. The van der Waals surface area contributed by atoms with Gasteiger partial charge in [0, 0.05) is 12.1 Å². The van der Waals surface area contributed by atoms with E-state index in [2.05, 4.69) is 44.9 Å². The van der Waals surface area contributed by atoms with E-state index in [9.17, 15) is 35.1 Å². The fraction of sp³-hybridized carbons (Fsp3) is 0. The van der Waals surface area contributed by atoms with Gasteiger partial charge in [-0.05, 0) is 24.3 Å². The molecule has 16 heteroatoms. The summed E-state index contributed by atoms with van der Waals surface area (Å²) in [5.41, 5.74) is -1.52. The number of nitrogens with zero attached hydrogens (tertiary/aromatic N) is 14. The summed E-state index contributed by atoms with van der Waals surface area (Å²) in [6, 6.07) is 20.4. The maximum Gasteiger partial charge on any atom is 0.178 e. The topological polar surface area (TPSA) is 232 Å². The van der Waals surface area contributed by atoms with Crippen LogP contribution >= 0.6 is 0 Å². The summed E-state index contributed by atoms with van der Waals surface area (Å²) in [7, 11) is 0. The van der Waals surface area contributed by atoms with Gasteiger partial charge in [0.05, 0.1) is 43.3 Å². The zero-order valence-electron chi connectivity index (χ0n) is 23.6. The van der Waals surface area contributed by atoms with Crippen LogP contribution in [0.25, 0.3) is 16.7 Å². The highest BCUT2D eigenvalue weighted by Crippen LogP contribution is 2.25.